The molecular weight excluding hydrogens is 607 g/mol. The number of hydrogen-bond donors (Lipinski definition) is 0. The van der Waals surface area contributed by atoms with Gasteiger partial charge in [-0.3, -0.25) is 0 Å². The molecule has 10 aromatic rings. The monoisotopic (exact) mass is 637 g/mol. The molecule has 0 saturated heterocycles. The van der Waals surface area contributed by atoms with E-state index < -0.39 is 0 Å². The molecule has 0 N–H and O–H groups in total. The molecule has 2 heteroatoms. The molecule has 0 atom stereocenters. The molecule has 0 aliphatic heterocycles. The van der Waals surface area contributed by atoms with E-state index in [1.54, 1.807) is 0 Å². The number of anilines is 3. The Kier molecular flexibility index (Phi) is 6.53. The highest BCUT2D eigenvalue weighted by molar-refractivity contribution is 6.36. The molecule has 1 aromatic heterocycles. The zero-order valence-corrected chi connectivity index (χ0v) is 27.3. The molecule has 10 rings (SSSR count). The summed E-state index contributed by atoms with van der Waals surface area (Å²) in [6.45, 7) is 0. The van der Waals surface area contributed by atoms with Crippen LogP contribution in [-0.2, 0) is 0 Å². The van der Waals surface area contributed by atoms with Gasteiger partial charge in [-0.2, -0.15) is 0 Å². The van der Waals surface area contributed by atoms with Gasteiger partial charge in [0.05, 0.1) is 5.69 Å². The lowest BCUT2D eigenvalue weighted by atomic mass is 9.90. The number of hydrogen-bond acceptors (Lipinski definition) is 2. The van der Waals surface area contributed by atoms with Crippen molar-refractivity contribution in [2.24, 2.45) is 0 Å². The van der Waals surface area contributed by atoms with Gasteiger partial charge in [0.15, 0.2) is 0 Å². The molecule has 0 unspecified atom stereocenters. The van der Waals surface area contributed by atoms with Crippen molar-refractivity contribution < 1.29 is 4.42 Å². The maximum atomic E-state index is 6.37. The summed E-state index contributed by atoms with van der Waals surface area (Å²) in [6.07, 6.45) is 0. The first kappa shape index (κ1) is 28.4. The van der Waals surface area contributed by atoms with E-state index in [1.807, 2.05) is 6.07 Å². The van der Waals surface area contributed by atoms with Gasteiger partial charge in [0.1, 0.15) is 11.2 Å². The molecule has 9 aromatic carbocycles. The molecule has 0 amide bonds. The van der Waals surface area contributed by atoms with Gasteiger partial charge in [-0.05, 0) is 92.3 Å². The molecule has 0 aliphatic rings. The summed E-state index contributed by atoms with van der Waals surface area (Å²) in [6, 6.07) is 67.4. The third-order valence-electron chi connectivity index (χ3n) is 10.0. The van der Waals surface area contributed by atoms with Crippen molar-refractivity contribution in [3.05, 3.63) is 188 Å². The predicted octanol–water partition coefficient (Wildman–Crippen LogP) is 13.8. The maximum Gasteiger partial charge on any atom is 0.136 e. The normalized spacial score (nSPS) is 11.6. The van der Waals surface area contributed by atoms with Gasteiger partial charge in [-0.15, -0.1) is 0 Å². The Morgan fingerprint density at radius 2 is 0.820 bits per heavy atom. The zero-order chi connectivity index (χ0) is 33.0. The standard InChI is InChI=1S/C48H31NO/c1-3-13-32(14-4-1)33-25-27-34(28-26-33)35-15-11-18-37(31-35)49(36-16-5-2-6-17-36)43-23-12-22-39-41-29-30-45-48(42-21-9-10-24-44(42)50-45)47(41)40-20-8-7-19-38(40)46(39)43/h1-31H. The zero-order valence-electron chi connectivity index (χ0n) is 27.3. The second kappa shape index (κ2) is 11.5. The van der Waals surface area contributed by atoms with Gasteiger partial charge in [0, 0.05) is 32.9 Å². The van der Waals surface area contributed by atoms with E-state index in [2.05, 4.69) is 187 Å². The van der Waals surface area contributed by atoms with Crippen LogP contribution in [0.1, 0.15) is 0 Å². The molecule has 2 nitrogen and oxygen atoms in total. The lowest BCUT2D eigenvalue weighted by Gasteiger charge is -2.28. The Labute approximate surface area is 290 Å². The summed E-state index contributed by atoms with van der Waals surface area (Å²) < 4.78 is 6.37. The van der Waals surface area contributed by atoms with Gasteiger partial charge in [-0.25, -0.2) is 0 Å². The number of para-hydroxylation sites is 2. The minimum Gasteiger partial charge on any atom is -0.456 e. The third-order valence-corrected chi connectivity index (χ3v) is 10.0. The van der Waals surface area contributed by atoms with Crippen molar-refractivity contribution >= 4 is 71.3 Å². The molecule has 1 heterocycles. The Balaban J connectivity index is 1.21. The maximum absolute atomic E-state index is 6.37. The van der Waals surface area contributed by atoms with E-state index in [0.717, 1.165) is 33.6 Å². The summed E-state index contributed by atoms with van der Waals surface area (Å²) in [5.74, 6) is 0. The lowest BCUT2D eigenvalue weighted by Crippen LogP contribution is -2.10. The van der Waals surface area contributed by atoms with E-state index in [-0.39, 0.29) is 0 Å². The fourth-order valence-corrected chi connectivity index (χ4v) is 7.79. The summed E-state index contributed by atoms with van der Waals surface area (Å²) >= 11 is 0. The van der Waals surface area contributed by atoms with E-state index in [4.69, 9.17) is 4.42 Å². The number of rotatable bonds is 5. The fraction of sp³-hybridized carbons (Fsp3) is 0. The average molecular weight is 638 g/mol. The van der Waals surface area contributed by atoms with Crippen molar-refractivity contribution in [1.29, 1.82) is 0 Å². The molecule has 0 spiro atoms. The van der Waals surface area contributed by atoms with Crippen LogP contribution in [0.15, 0.2) is 192 Å². The SMILES string of the molecule is c1ccc(-c2ccc(-c3cccc(N(c4ccccc4)c4cccc5c6ccc7oc8ccccc8c7c6c6ccccc6c45)c3)cc2)cc1. The number of fused-ring (bicyclic) bond motifs is 10. The predicted molar refractivity (Wildman–Crippen MR) is 212 cm³/mol. The van der Waals surface area contributed by atoms with Crippen LogP contribution >= 0.6 is 0 Å². The van der Waals surface area contributed by atoms with Crippen molar-refractivity contribution in [2.45, 2.75) is 0 Å². The highest BCUT2D eigenvalue weighted by Crippen LogP contribution is 2.47. The average Bonchev–Trinajstić information content (AvgIpc) is 3.58. The van der Waals surface area contributed by atoms with Crippen LogP contribution in [0.2, 0.25) is 0 Å². The number of furan rings is 1. The topological polar surface area (TPSA) is 16.4 Å². The van der Waals surface area contributed by atoms with Crippen LogP contribution in [0.25, 0.3) is 76.5 Å². The first-order valence-corrected chi connectivity index (χ1v) is 17.1. The molecule has 0 saturated carbocycles. The van der Waals surface area contributed by atoms with E-state index in [9.17, 15) is 0 Å². The third kappa shape index (κ3) is 4.50. The molecule has 0 fully saturated rings. The van der Waals surface area contributed by atoms with Crippen LogP contribution in [0, 0.1) is 0 Å². The first-order valence-electron chi connectivity index (χ1n) is 17.1. The summed E-state index contributed by atoms with van der Waals surface area (Å²) in [5, 5.41) is 9.67. The van der Waals surface area contributed by atoms with Gasteiger partial charge >= 0.3 is 0 Å². The van der Waals surface area contributed by atoms with Crippen LogP contribution in [-0.4, -0.2) is 0 Å². The molecule has 0 aliphatic carbocycles. The quantitative estimate of drug-likeness (QED) is 0.175. The Morgan fingerprint density at radius 3 is 1.58 bits per heavy atom. The first-order chi connectivity index (χ1) is 24.8. The molecule has 0 bridgehead atoms. The summed E-state index contributed by atoms with van der Waals surface area (Å²) in [7, 11) is 0. The van der Waals surface area contributed by atoms with Gasteiger partial charge in [0.2, 0.25) is 0 Å². The van der Waals surface area contributed by atoms with Crippen molar-refractivity contribution in [3.8, 4) is 22.3 Å². The van der Waals surface area contributed by atoms with E-state index in [1.165, 1.54) is 60.0 Å². The molecular formula is C48H31NO. The van der Waals surface area contributed by atoms with E-state index >= 15 is 0 Å². The van der Waals surface area contributed by atoms with Gasteiger partial charge in [0.25, 0.3) is 0 Å². The summed E-state index contributed by atoms with van der Waals surface area (Å²) in [5.41, 5.74) is 9.98. The highest BCUT2D eigenvalue weighted by Gasteiger charge is 2.21. The second-order valence-electron chi connectivity index (χ2n) is 12.9. The minimum atomic E-state index is 0.915. The second-order valence-corrected chi connectivity index (χ2v) is 12.9. The summed E-state index contributed by atoms with van der Waals surface area (Å²) in [4.78, 5) is 2.41. The van der Waals surface area contributed by atoms with Crippen LogP contribution in [0.4, 0.5) is 17.1 Å². The highest BCUT2D eigenvalue weighted by atomic mass is 16.3. The Morgan fingerprint density at radius 1 is 0.300 bits per heavy atom. The van der Waals surface area contributed by atoms with Gasteiger partial charge < -0.3 is 9.32 Å². The number of benzene rings is 9. The molecule has 0 radical (unpaired) electrons. The molecule has 234 valence electrons. The Bertz CT molecular complexity index is 2820. The van der Waals surface area contributed by atoms with Crippen molar-refractivity contribution in [2.75, 3.05) is 4.90 Å². The number of nitrogens with zero attached hydrogens (tertiary/aromatic N) is 1. The van der Waals surface area contributed by atoms with Crippen LogP contribution in [0.3, 0.4) is 0 Å². The van der Waals surface area contributed by atoms with E-state index in [0.29, 0.717) is 0 Å². The smallest absolute Gasteiger partial charge is 0.136 e. The van der Waals surface area contributed by atoms with Crippen molar-refractivity contribution in [1.82, 2.24) is 0 Å². The lowest BCUT2D eigenvalue weighted by molar-refractivity contribution is 0.669. The minimum absolute atomic E-state index is 0.915. The van der Waals surface area contributed by atoms with Crippen LogP contribution < -0.4 is 4.90 Å². The largest absolute Gasteiger partial charge is 0.456 e. The van der Waals surface area contributed by atoms with Gasteiger partial charge in [-0.1, -0.05) is 140 Å². The fourth-order valence-electron chi connectivity index (χ4n) is 7.79. The van der Waals surface area contributed by atoms with Crippen molar-refractivity contribution in [3.63, 3.8) is 0 Å². The Hall–Kier alpha value is -6.64. The molecule has 50 heavy (non-hydrogen) atoms. The van der Waals surface area contributed by atoms with Crippen LogP contribution in [0.5, 0.6) is 0 Å².